The van der Waals surface area contributed by atoms with Crippen LogP contribution in [0.2, 0.25) is 5.02 Å². The summed E-state index contributed by atoms with van der Waals surface area (Å²) in [6, 6.07) is 3.36. The van der Waals surface area contributed by atoms with E-state index in [4.69, 9.17) is 17.3 Å². The summed E-state index contributed by atoms with van der Waals surface area (Å²) in [5, 5.41) is 11.0. The van der Waals surface area contributed by atoms with E-state index in [1.54, 1.807) is 13.8 Å². The number of nitro groups is 1. The first kappa shape index (κ1) is 15.8. The van der Waals surface area contributed by atoms with Crippen molar-refractivity contribution in [2.45, 2.75) is 24.3 Å². The summed E-state index contributed by atoms with van der Waals surface area (Å²) in [4.78, 5) is 9.65. The molecule has 3 N–H and O–H groups in total. The fraction of sp³-hybridized carbons (Fsp3) is 0.400. The molecule has 0 fully saturated rings. The molecule has 0 saturated carbocycles. The average molecular weight is 308 g/mol. The van der Waals surface area contributed by atoms with Crippen LogP contribution in [0.5, 0.6) is 0 Å². The molecular formula is C10H14ClN3O4S. The second kappa shape index (κ2) is 5.41. The highest BCUT2D eigenvalue weighted by Gasteiger charge is 2.30. The van der Waals surface area contributed by atoms with Crippen molar-refractivity contribution in [2.75, 3.05) is 6.54 Å². The molecule has 1 aromatic carbocycles. The zero-order valence-corrected chi connectivity index (χ0v) is 12.0. The molecule has 0 aromatic heterocycles. The Hall–Kier alpha value is -1.22. The number of sulfonamides is 1. The van der Waals surface area contributed by atoms with Crippen LogP contribution in [0.4, 0.5) is 5.69 Å². The predicted molar refractivity (Wildman–Crippen MR) is 71.6 cm³/mol. The molecule has 0 aliphatic rings. The first-order chi connectivity index (χ1) is 8.59. The number of nitrogens with zero attached hydrogens (tertiary/aromatic N) is 1. The highest BCUT2D eigenvalue weighted by molar-refractivity contribution is 7.89. The Labute approximate surface area is 115 Å². The van der Waals surface area contributed by atoms with E-state index in [0.717, 1.165) is 12.1 Å². The zero-order chi connectivity index (χ0) is 14.8. The Balaban J connectivity index is 3.33. The summed E-state index contributed by atoms with van der Waals surface area (Å²) in [7, 11) is -4.05. The van der Waals surface area contributed by atoms with Gasteiger partial charge in [-0.15, -0.1) is 0 Å². The second-order valence-corrected chi connectivity index (χ2v) is 6.65. The number of hydrogen-bond acceptors (Lipinski definition) is 5. The van der Waals surface area contributed by atoms with E-state index in [-0.39, 0.29) is 11.6 Å². The second-order valence-electron chi connectivity index (χ2n) is 4.56. The maximum atomic E-state index is 12.1. The number of rotatable bonds is 5. The molecule has 0 radical (unpaired) electrons. The van der Waals surface area contributed by atoms with Gasteiger partial charge in [0.25, 0.3) is 5.69 Å². The first-order valence-electron chi connectivity index (χ1n) is 5.27. The lowest BCUT2D eigenvalue weighted by molar-refractivity contribution is -0.387. The Kier molecular flexibility index (Phi) is 4.51. The topological polar surface area (TPSA) is 115 Å². The third-order valence-electron chi connectivity index (χ3n) is 2.33. The molecule has 1 rings (SSSR count). The summed E-state index contributed by atoms with van der Waals surface area (Å²) >= 11 is 5.63. The fourth-order valence-electron chi connectivity index (χ4n) is 1.32. The van der Waals surface area contributed by atoms with Crippen LogP contribution in [-0.2, 0) is 10.0 Å². The third kappa shape index (κ3) is 3.87. The van der Waals surface area contributed by atoms with Crippen LogP contribution in [0.3, 0.4) is 0 Å². The van der Waals surface area contributed by atoms with Crippen molar-refractivity contribution in [3.05, 3.63) is 33.3 Å². The van der Waals surface area contributed by atoms with Gasteiger partial charge < -0.3 is 5.73 Å². The molecule has 9 heteroatoms. The lowest BCUT2D eigenvalue weighted by atomic mass is 10.1. The van der Waals surface area contributed by atoms with Gasteiger partial charge in [-0.25, -0.2) is 13.1 Å². The summed E-state index contributed by atoms with van der Waals surface area (Å²) in [6.45, 7) is 3.20. The molecule has 0 aliphatic heterocycles. The molecule has 0 aliphatic carbocycles. The zero-order valence-electron chi connectivity index (χ0n) is 10.4. The van der Waals surface area contributed by atoms with E-state index in [0.29, 0.717) is 0 Å². The van der Waals surface area contributed by atoms with Crippen LogP contribution in [0, 0.1) is 10.1 Å². The molecule has 106 valence electrons. The summed E-state index contributed by atoms with van der Waals surface area (Å²) in [6.07, 6.45) is 0. The Morgan fingerprint density at radius 2 is 2.05 bits per heavy atom. The number of nitro benzene ring substituents is 1. The van der Waals surface area contributed by atoms with Gasteiger partial charge in [-0.1, -0.05) is 11.6 Å². The number of nitrogens with two attached hydrogens (primary N) is 1. The maximum Gasteiger partial charge on any atom is 0.290 e. The Morgan fingerprint density at radius 3 is 2.53 bits per heavy atom. The lowest BCUT2D eigenvalue weighted by Crippen LogP contribution is -2.48. The molecule has 0 bridgehead atoms. The van der Waals surface area contributed by atoms with Gasteiger partial charge in [-0.3, -0.25) is 10.1 Å². The molecule has 0 saturated heterocycles. The summed E-state index contributed by atoms with van der Waals surface area (Å²) in [5.74, 6) is 0. The minimum Gasteiger partial charge on any atom is -0.329 e. The van der Waals surface area contributed by atoms with Gasteiger partial charge >= 0.3 is 0 Å². The minimum absolute atomic E-state index is 0.0492. The molecule has 0 unspecified atom stereocenters. The van der Waals surface area contributed by atoms with E-state index < -0.39 is 31.1 Å². The third-order valence-corrected chi connectivity index (χ3v) is 4.31. The minimum atomic E-state index is -4.05. The van der Waals surface area contributed by atoms with Gasteiger partial charge in [0.15, 0.2) is 4.90 Å². The van der Waals surface area contributed by atoms with Crippen LogP contribution in [0.25, 0.3) is 0 Å². The van der Waals surface area contributed by atoms with Crippen molar-refractivity contribution in [1.82, 2.24) is 4.72 Å². The SMILES string of the molecule is CC(C)(CN)NS(=O)(=O)c1ccc(Cl)cc1[N+](=O)[O-]. The molecule has 7 nitrogen and oxygen atoms in total. The van der Waals surface area contributed by atoms with Gasteiger partial charge in [-0.2, -0.15) is 0 Å². The van der Waals surface area contributed by atoms with Gasteiger partial charge in [0, 0.05) is 23.2 Å². The van der Waals surface area contributed by atoms with E-state index in [1.807, 2.05) is 0 Å². The van der Waals surface area contributed by atoms with Gasteiger partial charge in [0.05, 0.1) is 4.92 Å². The van der Waals surface area contributed by atoms with Crippen molar-refractivity contribution in [3.8, 4) is 0 Å². The molecule has 1 aromatic rings. The summed E-state index contributed by atoms with van der Waals surface area (Å²) < 4.78 is 26.6. The van der Waals surface area contributed by atoms with Gasteiger partial charge in [0.2, 0.25) is 10.0 Å². The van der Waals surface area contributed by atoms with Crippen molar-refractivity contribution in [3.63, 3.8) is 0 Å². The van der Waals surface area contributed by atoms with Crippen LogP contribution in [0.1, 0.15) is 13.8 Å². The highest BCUT2D eigenvalue weighted by atomic mass is 35.5. The van der Waals surface area contributed by atoms with E-state index in [9.17, 15) is 18.5 Å². The molecule has 19 heavy (non-hydrogen) atoms. The van der Waals surface area contributed by atoms with Gasteiger partial charge in [0.1, 0.15) is 0 Å². The van der Waals surface area contributed by atoms with Crippen LogP contribution >= 0.6 is 11.6 Å². The molecular weight excluding hydrogens is 294 g/mol. The number of hydrogen-bond donors (Lipinski definition) is 2. The van der Waals surface area contributed by atoms with Crippen molar-refractivity contribution >= 4 is 27.3 Å². The number of halogens is 1. The standard InChI is InChI=1S/C10H14ClN3O4S/c1-10(2,6-12)13-19(17,18)9-4-3-7(11)5-8(9)14(15)16/h3-5,13H,6,12H2,1-2H3. The monoisotopic (exact) mass is 307 g/mol. The Bertz CT molecular complexity index is 601. The van der Waals surface area contributed by atoms with E-state index >= 15 is 0 Å². The summed E-state index contributed by atoms with van der Waals surface area (Å²) in [5.41, 5.74) is 3.95. The van der Waals surface area contributed by atoms with E-state index in [1.165, 1.54) is 6.07 Å². The molecule has 0 heterocycles. The molecule has 0 spiro atoms. The number of benzene rings is 1. The van der Waals surface area contributed by atoms with Crippen molar-refractivity contribution in [1.29, 1.82) is 0 Å². The molecule has 0 amide bonds. The van der Waals surface area contributed by atoms with Crippen molar-refractivity contribution < 1.29 is 13.3 Å². The quantitative estimate of drug-likeness (QED) is 0.627. The van der Waals surface area contributed by atoms with E-state index in [2.05, 4.69) is 4.72 Å². The van der Waals surface area contributed by atoms with Crippen molar-refractivity contribution in [2.24, 2.45) is 5.73 Å². The molecule has 0 atom stereocenters. The smallest absolute Gasteiger partial charge is 0.290 e. The number of nitrogens with one attached hydrogen (secondary N) is 1. The predicted octanol–water partition coefficient (Wildman–Crippen LogP) is 1.26. The Morgan fingerprint density at radius 1 is 1.47 bits per heavy atom. The largest absolute Gasteiger partial charge is 0.329 e. The normalized spacial score (nSPS) is 12.4. The highest BCUT2D eigenvalue weighted by Crippen LogP contribution is 2.27. The average Bonchev–Trinajstić information content (AvgIpc) is 2.27. The maximum absolute atomic E-state index is 12.1. The van der Waals surface area contributed by atoms with Crippen LogP contribution in [-0.4, -0.2) is 25.4 Å². The lowest BCUT2D eigenvalue weighted by Gasteiger charge is -2.23. The van der Waals surface area contributed by atoms with Crippen LogP contribution in [0.15, 0.2) is 23.1 Å². The van der Waals surface area contributed by atoms with Crippen LogP contribution < -0.4 is 10.5 Å². The first-order valence-corrected chi connectivity index (χ1v) is 7.13. The fourth-order valence-corrected chi connectivity index (χ4v) is 3.06. The van der Waals surface area contributed by atoms with Gasteiger partial charge in [-0.05, 0) is 26.0 Å².